The van der Waals surface area contributed by atoms with Crippen molar-refractivity contribution in [3.8, 4) is 0 Å². The van der Waals surface area contributed by atoms with Gasteiger partial charge in [-0.2, -0.15) is 0 Å². The molecule has 2 nitrogen and oxygen atoms in total. The summed E-state index contributed by atoms with van der Waals surface area (Å²) >= 11 is 0. The Labute approximate surface area is 105 Å². The van der Waals surface area contributed by atoms with Crippen molar-refractivity contribution in [3.63, 3.8) is 0 Å². The molecule has 0 unspecified atom stereocenters. The highest BCUT2D eigenvalue weighted by molar-refractivity contribution is 5.27. The highest BCUT2D eigenvalue weighted by atomic mass is 15.2. The molecule has 1 aliphatic rings. The standard InChI is InChI=1S/C15H24N2/c1-13-6-4-5-7-14(13)12-15(17(2)3)8-10-16-11-9-15/h4-7,16H,8-12H2,1-3H3. The predicted molar refractivity (Wildman–Crippen MR) is 73.4 cm³/mol. The zero-order chi connectivity index (χ0) is 12.3. The molecule has 1 saturated heterocycles. The fourth-order valence-electron chi connectivity index (χ4n) is 2.84. The number of nitrogens with zero attached hydrogens (tertiary/aromatic N) is 1. The van der Waals surface area contributed by atoms with Gasteiger partial charge in [0.1, 0.15) is 0 Å². The highest BCUT2D eigenvalue weighted by Gasteiger charge is 2.34. The summed E-state index contributed by atoms with van der Waals surface area (Å²) in [5, 5.41) is 3.47. The van der Waals surface area contributed by atoms with E-state index in [1.54, 1.807) is 0 Å². The molecule has 0 aliphatic carbocycles. The van der Waals surface area contributed by atoms with E-state index in [2.05, 4.69) is 55.5 Å². The van der Waals surface area contributed by atoms with Gasteiger partial charge in [-0.3, -0.25) is 0 Å². The highest BCUT2D eigenvalue weighted by Crippen LogP contribution is 2.29. The van der Waals surface area contributed by atoms with Gasteiger partial charge >= 0.3 is 0 Å². The minimum atomic E-state index is 0.345. The Bertz CT molecular complexity index is 365. The first-order valence-corrected chi connectivity index (χ1v) is 6.57. The molecule has 0 bridgehead atoms. The van der Waals surface area contributed by atoms with Crippen LogP contribution in [-0.2, 0) is 6.42 Å². The monoisotopic (exact) mass is 232 g/mol. The zero-order valence-electron chi connectivity index (χ0n) is 11.3. The third-order valence-electron chi connectivity index (χ3n) is 4.26. The van der Waals surface area contributed by atoms with Crippen molar-refractivity contribution in [2.45, 2.75) is 31.7 Å². The van der Waals surface area contributed by atoms with Crippen LogP contribution in [0.25, 0.3) is 0 Å². The summed E-state index contributed by atoms with van der Waals surface area (Å²) in [6.45, 7) is 4.51. The predicted octanol–water partition coefficient (Wildman–Crippen LogP) is 2.22. The van der Waals surface area contributed by atoms with E-state index in [9.17, 15) is 0 Å². The normalized spacial score (nSPS) is 19.5. The number of nitrogens with one attached hydrogen (secondary N) is 1. The first kappa shape index (κ1) is 12.6. The van der Waals surface area contributed by atoms with Crippen LogP contribution in [0, 0.1) is 6.92 Å². The molecule has 1 heterocycles. The van der Waals surface area contributed by atoms with Crippen molar-refractivity contribution in [1.29, 1.82) is 0 Å². The van der Waals surface area contributed by atoms with Gasteiger partial charge in [-0.15, -0.1) is 0 Å². The second-order valence-electron chi connectivity index (χ2n) is 5.47. The maximum Gasteiger partial charge on any atom is 0.0268 e. The lowest BCUT2D eigenvalue weighted by Gasteiger charge is -2.43. The molecule has 0 spiro atoms. The van der Waals surface area contributed by atoms with E-state index in [-0.39, 0.29) is 0 Å². The summed E-state index contributed by atoms with van der Waals surface area (Å²) in [5.74, 6) is 0. The molecule has 17 heavy (non-hydrogen) atoms. The van der Waals surface area contributed by atoms with Gasteiger partial charge in [0.25, 0.3) is 0 Å². The summed E-state index contributed by atoms with van der Waals surface area (Å²) in [4.78, 5) is 2.43. The minimum absolute atomic E-state index is 0.345. The Hall–Kier alpha value is -0.860. The molecule has 0 atom stereocenters. The van der Waals surface area contributed by atoms with Gasteiger partial charge in [-0.05, 0) is 64.5 Å². The summed E-state index contributed by atoms with van der Waals surface area (Å²) in [6, 6.07) is 8.79. The van der Waals surface area contributed by atoms with E-state index < -0.39 is 0 Å². The largest absolute Gasteiger partial charge is 0.317 e. The topological polar surface area (TPSA) is 15.3 Å². The van der Waals surface area contributed by atoms with E-state index in [1.165, 1.54) is 30.4 Å². The maximum absolute atomic E-state index is 3.47. The second kappa shape index (κ2) is 5.19. The van der Waals surface area contributed by atoms with Gasteiger partial charge in [-0.25, -0.2) is 0 Å². The summed E-state index contributed by atoms with van der Waals surface area (Å²) < 4.78 is 0. The van der Waals surface area contributed by atoms with Crippen LogP contribution >= 0.6 is 0 Å². The number of hydrogen-bond acceptors (Lipinski definition) is 2. The number of likely N-dealkylation sites (N-methyl/N-ethyl adjacent to an activating group) is 1. The molecule has 0 amide bonds. The molecular weight excluding hydrogens is 208 g/mol. The zero-order valence-corrected chi connectivity index (χ0v) is 11.3. The quantitative estimate of drug-likeness (QED) is 0.859. The Morgan fingerprint density at radius 3 is 2.41 bits per heavy atom. The number of benzene rings is 1. The van der Waals surface area contributed by atoms with Gasteiger partial charge in [0.15, 0.2) is 0 Å². The van der Waals surface area contributed by atoms with Gasteiger partial charge in [0, 0.05) is 5.54 Å². The fraction of sp³-hybridized carbons (Fsp3) is 0.600. The average molecular weight is 232 g/mol. The van der Waals surface area contributed by atoms with Crippen LogP contribution in [0.2, 0.25) is 0 Å². The van der Waals surface area contributed by atoms with Crippen LogP contribution in [0.15, 0.2) is 24.3 Å². The molecule has 0 aromatic heterocycles. The molecule has 1 fully saturated rings. The SMILES string of the molecule is Cc1ccccc1CC1(N(C)C)CCNCC1. The smallest absolute Gasteiger partial charge is 0.0268 e. The first-order chi connectivity index (χ1) is 8.14. The van der Waals surface area contributed by atoms with Crippen LogP contribution in [0.5, 0.6) is 0 Å². The van der Waals surface area contributed by atoms with Gasteiger partial charge in [0.05, 0.1) is 0 Å². The Morgan fingerprint density at radius 2 is 1.82 bits per heavy atom. The molecule has 0 saturated carbocycles. The Kier molecular flexibility index (Phi) is 3.85. The van der Waals surface area contributed by atoms with Gasteiger partial charge in [0.2, 0.25) is 0 Å². The van der Waals surface area contributed by atoms with Crippen molar-refractivity contribution in [2.24, 2.45) is 0 Å². The number of hydrogen-bond donors (Lipinski definition) is 1. The lowest BCUT2D eigenvalue weighted by molar-refractivity contribution is 0.108. The summed E-state index contributed by atoms with van der Waals surface area (Å²) in [5.41, 5.74) is 3.27. The van der Waals surface area contributed by atoms with Crippen LogP contribution in [0.4, 0.5) is 0 Å². The summed E-state index contributed by atoms with van der Waals surface area (Å²) in [7, 11) is 4.45. The van der Waals surface area contributed by atoms with E-state index in [0.29, 0.717) is 5.54 Å². The third kappa shape index (κ3) is 2.70. The molecular formula is C15H24N2. The molecule has 1 aliphatic heterocycles. The fourth-order valence-corrected chi connectivity index (χ4v) is 2.84. The molecule has 2 heteroatoms. The van der Waals surface area contributed by atoms with E-state index in [0.717, 1.165) is 13.1 Å². The Morgan fingerprint density at radius 1 is 1.18 bits per heavy atom. The lowest BCUT2D eigenvalue weighted by Crippen LogP contribution is -2.53. The number of rotatable bonds is 3. The molecule has 94 valence electrons. The van der Waals surface area contributed by atoms with E-state index in [1.807, 2.05) is 0 Å². The molecule has 0 radical (unpaired) electrons. The Balaban J connectivity index is 2.21. The van der Waals surface area contributed by atoms with Crippen LogP contribution in [0.3, 0.4) is 0 Å². The van der Waals surface area contributed by atoms with Crippen molar-refractivity contribution in [1.82, 2.24) is 10.2 Å². The second-order valence-corrected chi connectivity index (χ2v) is 5.47. The number of aryl methyl sites for hydroxylation is 1. The van der Waals surface area contributed by atoms with Gasteiger partial charge in [-0.1, -0.05) is 24.3 Å². The molecule has 2 rings (SSSR count). The van der Waals surface area contributed by atoms with Crippen LogP contribution in [-0.4, -0.2) is 37.6 Å². The minimum Gasteiger partial charge on any atom is -0.317 e. The van der Waals surface area contributed by atoms with E-state index >= 15 is 0 Å². The number of piperidine rings is 1. The van der Waals surface area contributed by atoms with Crippen molar-refractivity contribution >= 4 is 0 Å². The average Bonchev–Trinajstić information content (AvgIpc) is 2.33. The van der Waals surface area contributed by atoms with E-state index in [4.69, 9.17) is 0 Å². The molecule has 1 N–H and O–H groups in total. The lowest BCUT2D eigenvalue weighted by atomic mass is 9.80. The van der Waals surface area contributed by atoms with Crippen molar-refractivity contribution < 1.29 is 0 Å². The van der Waals surface area contributed by atoms with Crippen LogP contribution in [0.1, 0.15) is 24.0 Å². The van der Waals surface area contributed by atoms with Crippen molar-refractivity contribution in [2.75, 3.05) is 27.2 Å². The van der Waals surface area contributed by atoms with Gasteiger partial charge < -0.3 is 10.2 Å². The van der Waals surface area contributed by atoms with Crippen LogP contribution < -0.4 is 5.32 Å². The first-order valence-electron chi connectivity index (χ1n) is 6.57. The maximum atomic E-state index is 3.47. The molecule has 1 aromatic carbocycles. The van der Waals surface area contributed by atoms with Crippen molar-refractivity contribution in [3.05, 3.63) is 35.4 Å². The third-order valence-corrected chi connectivity index (χ3v) is 4.26. The summed E-state index contributed by atoms with van der Waals surface area (Å²) in [6.07, 6.45) is 3.66. The molecule has 1 aromatic rings.